The summed E-state index contributed by atoms with van der Waals surface area (Å²) in [5.74, 6) is -0.385. The zero-order valence-electron chi connectivity index (χ0n) is 14.0. The van der Waals surface area contributed by atoms with Crippen LogP contribution in [-0.4, -0.2) is 37.4 Å². The quantitative estimate of drug-likeness (QED) is 0.534. The van der Waals surface area contributed by atoms with Gasteiger partial charge in [-0.3, -0.25) is 14.5 Å². The van der Waals surface area contributed by atoms with Gasteiger partial charge in [-0.15, -0.1) is 0 Å². The predicted molar refractivity (Wildman–Crippen MR) is 96.8 cm³/mol. The summed E-state index contributed by atoms with van der Waals surface area (Å²) in [5.41, 5.74) is 2.16. The van der Waals surface area contributed by atoms with Crippen LogP contribution in [0.15, 0.2) is 42.5 Å². The molecule has 2 amide bonds. The molecule has 4 nitrogen and oxygen atoms in total. The smallest absolute Gasteiger partial charge is 0.261 e. The fourth-order valence-electron chi connectivity index (χ4n) is 3.34. The highest BCUT2D eigenvalue weighted by atomic mass is 16.2. The molecule has 1 aliphatic rings. The topological polar surface area (TPSA) is 40.6 Å². The molecule has 3 aromatic carbocycles. The number of anilines is 1. The molecule has 4 rings (SSSR count). The summed E-state index contributed by atoms with van der Waals surface area (Å²) < 4.78 is 0. The summed E-state index contributed by atoms with van der Waals surface area (Å²) >= 11 is 0. The van der Waals surface area contributed by atoms with Crippen LogP contribution in [0.25, 0.3) is 21.5 Å². The first kappa shape index (κ1) is 14.7. The molecule has 4 heteroatoms. The van der Waals surface area contributed by atoms with Gasteiger partial charge in [0.05, 0.1) is 11.1 Å². The van der Waals surface area contributed by atoms with E-state index in [1.54, 1.807) is 0 Å². The van der Waals surface area contributed by atoms with Crippen molar-refractivity contribution in [1.29, 1.82) is 0 Å². The van der Waals surface area contributed by atoms with E-state index in [2.05, 4.69) is 35.2 Å². The average molecular weight is 318 g/mol. The van der Waals surface area contributed by atoms with Crippen LogP contribution in [0.1, 0.15) is 27.6 Å². The van der Waals surface area contributed by atoms with E-state index >= 15 is 0 Å². The molecule has 0 saturated heterocycles. The Hall–Kier alpha value is -2.88. The fraction of sp³-hybridized carbons (Fsp3) is 0.200. The molecule has 0 saturated carbocycles. The van der Waals surface area contributed by atoms with Crippen LogP contribution in [-0.2, 0) is 0 Å². The maximum atomic E-state index is 12.4. The van der Waals surface area contributed by atoms with Crippen molar-refractivity contribution in [3.05, 3.63) is 53.6 Å². The number of amides is 2. The highest BCUT2D eigenvalue weighted by molar-refractivity contribution is 6.23. The third-order valence-corrected chi connectivity index (χ3v) is 4.70. The second-order valence-corrected chi connectivity index (χ2v) is 6.38. The van der Waals surface area contributed by atoms with Crippen molar-refractivity contribution in [3.8, 4) is 0 Å². The summed E-state index contributed by atoms with van der Waals surface area (Å²) in [7, 11) is 4.03. The minimum atomic E-state index is -0.193. The van der Waals surface area contributed by atoms with Crippen LogP contribution < -0.4 is 4.90 Å². The molecule has 0 N–H and O–H groups in total. The monoisotopic (exact) mass is 318 g/mol. The molecule has 0 spiro atoms. The number of fused-ring (bicyclic) bond motifs is 3. The van der Waals surface area contributed by atoms with E-state index in [9.17, 15) is 9.59 Å². The van der Waals surface area contributed by atoms with Gasteiger partial charge in [0, 0.05) is 26.3 Å². The van der Waals surface area contributed by atoms with E-state index < -0.39 is 0 Å². The maximum Gasteiger partial charge on any atom is 0.261 e. The molecule has 1 aliphatic heterocycles. The van der Waals surface area contributed by atoms with E-state index in [1.807, 2.05) is 33.2 Å². The molecular formula is C20H18N2O2. The van der Waals surface area contributed by atoms with Gasteiger partial charge in [-0.25, -0.2) is 0 Å². The highest BCUT2D eigenvalue weighted by Crippen LogP contribution is 2.31. The first-order chi connectivity index (χ1) is 11.5. The van der Waals surface area contributed by atoms with E-state index in [1.165, 1.54) is 4.90 Å². The second-order valence-electron chi connectivity index (χ2n) is 6.38. The van der Waals surface area contributed by atoms with Gasteiger partial charge in [0.25, 0.3) is 11.8 Å². The van der Waals surface area contributed by atoms with Crippen LogP contribution in [0, 0.1) is 0 Å². The molecule has 0 atom stereocenters. The van der Waals surface area contributed by atoms with Crippen molar-refractivity contribution >= 4 is 39.0 Å². The van der Waals surface area contributed by atoms with Crippen LogP contribution in [0.3, 0.4) is 0 Å². The van der Waals surface area contributed by atoms with Crippen molar-refractivity contribution in [2.45, 2.75) is 6.92 Å². The summed E-state index contributed by atoms with van der Waals surface area (Å²) in [4.78, 5) is 28.1. The van der Waals surface area contributed by atoms with Gasteiger partial charge in [-0.1, -0.05) is 6.07 Å². The number of hydrogen-bond donors (Lipinski definition) is 0. The summed E-state index contributed by atoms with van der Waals surface area (Å²) in [6.45, 7) is 2.22. The standard InChI is InChI=1S/C20H18N2O2/c1-4-22-19(23)17-10-14-7-12-5-6-16(21(2)3)9-13(12)8-15(14)11-18(17)20(22)24/h5-11H,4H2,1-3H3. The Morgan fingerprint density at radius 3 is 1.88 bits per heavy atom. The lowest BCUT2D eigenvalue weighted by Gasteiger charge is -2.13. The highest BCUT2D eigenvalue weighted by Gasteiger charge is 2.34. The number of imide groups is 1. The Morgan fingerprint density at radius 2 is 1.33 bits per heavy atom. The Morgan fingerprint density at radius 1 is 0.792 bits per heavy atom. The third-order valence-electron chi connectivity index (χ3n) is 4.70. The molecule has 0 radical (unpaired) electrons. The van der Waals surface area contributed by atoms with Crippen molar-refractivity contribution in [1.82, 2.24) is 4.90 Å². The van der Waals surface area contributed by atoms with Crippen molar-refractivity contribution in [2.75, 3.05) is 25.5 Å². The largest absolute Gasteiger partial charge is 0.378 e. The van der Waals surface area contributed by atoms with Gasteiger partial charge in [0.15, 0.2) is 0 Å². The Labute approximate surface area is 140 Å². The minimum absolute atomic E-state index is 0.192. The molecule has 3 aromatic rings. The van der Waals surface area contributed by atoms with E-state index in [4.69, 9.17) is 0 Å². The van der Waals surface area contributed by atoms with Gasteiger partial charge in [0.2, 0.25) is 0 Å². The number of carbonyl (C=O) groups excluding carboxylic acids is 2. The second kappa shape index (κ2) is 5.06. The number of carbonyl (C=O) groups is 2. The van der Waals surface area contributed by atoms with Crippen molar-refractivity contribution in [3.63, 3.8) is 0 Å². The zero-order valence-corrected chi connectivity index (χ0v) is 14.0. The fourth-order valence-corrected chi connectivity index (χ4v) is 3.34. The van der Waals surface area contributed by atoms with Gasteiger partial charge >= 0.3 is 0 Å². The molecule has 0 unspecified atom stereocenters. The SMILES string of the molecule is CCN1C(=O)c2cc3cc4ccc(N(C)C)cc4cc3cc2C1=O. The van der Waals surface area contributed by atoms with Gasteiger partial charge in [-0.05, 0) is 64.9 Å². The molecule has 120 valence electrons. The Bertz CT molecular complexity index is 1020. The molecule has 0 bridgehead atoms. The van der Waals surface area contributed by atoms with Crippen molar-refractivity contribution in [2.24, 2.45) is 0 Å². The molecular weight excluding hydrogens is 300 g/mol. The normalized spacial score (nSPS) is 13.9. The third kappa shape index (κ3) is 1.99. The molecule has 24 heavy (non-hydrogen) atoms. The lowest BCUT2D eigenvalue weighted by atomic mass is 9.98. The van der Waals surface area contributed by atoms with Gasteiger partial charge in [0.1, 0.15) is 0 Å². The predicted octanol–water partition coefficient (Wildman–Crippen LogP) is 3.67. The molecule has 0 aliphatic carbocycles. The van der Waals surface area contributed by atoms with E-state index in [0.717, 1.165) is 27.2 Å². The summed E-state index contributed by atoms with van der Waals surface area (Å²) in [5, 5.41) is 4.21. The van der Waals surface area contributed by atoms with Gasteiger partial charge in [-0.2, -0.15) is 0 Å². The number of nitrogens with zero attached hydrogens (tertiary/aromatic N) is 2. The summed E-state index contributed by atoms with van der Waals surface area (Å²) in [6.07, 6.45) is 0. The number of rotatable bonds is 2. The Balaban J connectivity index is 1.96. The lowest BCUT2D eigenvalue weighted by Crippen LogP contribution is -2.29. The van der Waals surface area contributed by atoms with Gasteiger partial charge < -0.3 is 4.90 Å². The van der Waals surface area contributed by atoms with Crippen LogP contribution >= 0.6 is 0 Å². The Kier molecular flexibility index (Phi) is 3.10. The number of benzene rings is 3. The zero-order chi connectivity index (χ0) is 17.0. The van der Waals surface area contributed by atoms with Crippen LogP contribution in [0.2, 0.25) is 0 Å². The first-order valence-electron chi connectivity index (χ1n) is 8.04. The van der Waals surface area contributed by atoms with Crippen molar-refractivity contribution < 1.29 is 9.59 Å². The summed E-state index contributed by atoms with van der Waals surface area (Å²) in [6, 6.07) is 14.2. The molecule has 0 fully saturated rings. The lowest BCUT2D eigenvalue weighted by molar-refractivity contribution is 0.0663. The first-order valence-corrected chi connectivity index (χ1v) is 8.04. The average Bonchev–Trinajstić information content (AvgIpc) is 2.80. The van der Waals surface area contributed by atoms with Crippen LogP contribution in [0.5, 0.6) is 0 Å². The maximum absolute atomic E-state index is 12.4. The van der Waals surface area contributed by atoms with E-state index in [0.29, 0.717) is 17.7 Å². The minimum Gasteiger partial charge on any atom is -0.378 e. The number of hydrogen-bond acceptors (Lipinski definition) is 3. The van der Waals surface area contributed by atoms with Crippen LogP contribution in [0.4, 0.5) is 5.69 Å². The van der Waals surface area contributed by atoms with E-state index in [-0.39, 0.29) is 11.8 Å². The molecule has 0 aromatic heterocycles. The molecule has 1 heterocycles.